The van der Waals surface area contributed by atoms with Gasteiger partial charge in [0.15, 0.2) is 0 Å². The Morgan fingerprint density at radius 2 is 1.73 bits per heavy atom. The molecule has 2 aliphatic rings. The number of halogens is 2. The van der Waals surface area contributed by atoms with Crippen molar-refractivity contribution in [1.29, 1.82) is 0 Å². The van der Waals surface area contributed by atoms with Crippen LogP contribution in [0.4, 0.5) is 0 Å². The highest BCUT2D eigenvalue weighted by atomic mass is 35.5. The third-order valence-corrected chi connectivity index (χ3v) is 5.36. The first-order chi connectivity index (χ1) is 10.5. The van der Waals surface area contributed by atoms with E-state index in [1.165, 1.54) is 0 Å². The van der Waals surface area contributed by atoms with Crippen molar-refractivity contribution in [1.82, 2.24) is 9.80 Å². The fourth-order valence-electron chi connectivity index (χ4n) is 3.09. The molecule has 1 aliphatic heterocycles. The molecule has 0 aromatic heterocycles. The van der Waals surface area contributed by atoms with Gasteiger partial charge in [-0.2, -0.15) is 0 Å². The van der Waals surface area contributed by atoms with Crippen LogP contribution in [0, 0.1) is 5.92 Å². The standard InChI is InChI=1S/C16H18Cl2N2O2/c1-10(21)19-5-7-20(8-6-19)16(22)13-9-12(13)11-3-2-4-14(17)15(11)18/h2-4,12-13H,5-9H2,1H3/t12-,13+/m1/s1. The third-order valence-electron chi connectivity index (χ3n) is 4.53. The van der Waals surface area contributed by atoms with Gasteiger partial charge in [-0.25, -0.2) is 0 Å². The van der Waals surface area contributed by atoms with Crippen molar-refractivity contribution < 1.29 is 9.59 Å². The molecule has 2 fully saturated rings. The van der Waals surface area contributed by atoms with E-state index >= 15 is 0 Å². The maximum atomic E-state index is 12.6. The fraction of sp³-hybridized carbons (Fsp3) is 0.500. The van der Waals surface area contributed by atoms with E-state index in [4.69, 9.17) is 23.2 Å². The van der Waals surface area contributed by atoms with Crippen molar-refractivity contribution in [3.05, 3.63) is 33.8 Å². The number of piperazine rings is 1. The first-order valence-corrected chi connectivity index (χ1v) is 8.23. The lowest BCUT2D eigenvalue weighted by Gasteiger charge is -2.34. The first-order valence-electron chi connectivity index (χ1n) is 7.47. The van der Waals surface area contributed by atoms with Gasteiger partial charge in [0.05, 0.1) is 10.0 Å². The number of hydrogen-bond donors (Lipinski definition) is 0. The van der Waals surface area contributed by atoms with Gasteiger partial charge in [-0.15, -0.1) is 0 Å². The Labute approximate surface area is 140 Å². The Kier molecular flexibility index (Phi) is 4.33. The molecular weight excluding hydrogens is 323 g/mol. The van der Waals surface area contributed by atoms with Crippen LogP contribution in [0.2, 0.25) is 10.0 Å². The second kappa shape index (κ2) is 6.09. The molecule has 1 heterocycles. The molecule has 6 heteroatoms. The van der Waals surface area contributed by atoms with Crippen LogP contribution in [-0.2, 0) is 9.59 Å². The summed E-state index contributed by atoms with van der Waals surface area (Å²) < 4.78 is 0. The van der Waals surface area contributed by atoms with Gasteiger partial charge in [-0.3, -0.25) is 9.59 Å². The Morgan fingerprint density at radius 3 is 2.36 bits per heavy atom. The lowest BCUT2D eigenvalue weighted by atomic mass is 10.1. The molecule has 0 bridgehead atoms. The number of carbonyl (C=O) groups excluding carboxylic acids is 2. The minimum atomic E-state index is -0.000144. The molecule has 1 aromatic carbocycles. The molecule has 0 radical (unpaired) electrons. The Morgan fingerprint density at radius 1 is 1.09 bits per heavy atom. The summed E-state index contributed by atoms with van der Waals surface area (Å²) >= 11 is 12.3. The summed E-state index contributed by atoms with van der Waals surface area (Å²) in [4.78, 5) is 27.5. The van der Waals surface area contributed by atoms with Crippen LogP contribution in [0.15, 0.2) is 18.2 Å². The van der Waals surface area contributed by atoms with Crippen LogP contribution in [0.3, 0.4) is 0 Å². The van der Waals surface area contributed by atoms with E-state index in [0.717, 1.165) is 12.0 Å². The fourth-order valence-corrected chi connectivity index (χ4v) is 3.54. The molecule has 0 spiro atoms. The highest BCUT2D eigenvalue weighted by Crippen LogP contribution is 2.51. The van der Waals surface area contributed by atoms with Crippen molar-refractivity contribution in [3.8, 4) is 0 Å². The van der Waals surface area contributed by atoms with Gasteiger partial charge in [-0.1, -0.05) is 35.3 Å². The van der Waals surface area contributed by atoms with Crippen LogP contribution >= 0.6 is 23.2 Å². The van der Waals surface area contributed by atoms with Gasteiger partial charge in [0.25, 0.3) is 0 Å². The van der Waals surface area contributed by atoms with E-state index in [1.807, 2.05) is 17.0 Å². The van der Waals surface area contributed by atoms with Gasteiger partial charge in [0, 0.05) is 39.0 Å². The predicted molar refractivity (Wildman–Crippen MR) is 86.1 cm³/mol. The van der Waals surface area contributed by atoms with Gasteiger partial charge >= 0.3 is 0 Å². The van der Waals surface area contributed by atoms with Crippen molar-refractivity contribution in [3.63, 3.8) is 0 Å². The molecule has 1 aliphatic carbocycles. The molecule has 3 rings (SSSR count). The molecule has 2 amide bonds. The zero-order valence-electron chi connectivity index (χ0n) is 12.4. The number of amides is 2. The number of hydrogen-bond acceptors (Lipinski definition) is 2. The van der Waals surface area contributed by atoms with Crippen molar-refractivity contribution in [2.45, 2.75) is 19.3 Å². The number of carbonyl (C=O) groups is 2. The quantitative estimate of drug-likeness (QED) is 0.830. The maximum Gasteiger partial charge on any atom is 0.226 e. The average molecular weight is 341 g/mol. The molecule has 1 saturated carbocycles. The molecule has 0 N–H and O–H groups in total. The lowest BCUT2D eigenvalue weighted by molar-refractivity contribution is -0.139. The largest absolute Gasteiger partial charge is 0.339 e. The van der Waals surface area contributed by atoms with Crippen LogP contribution in [0.5, 0.6) is 0 Å². The Hall–Kier alpha value is -1.26. The topological polar surface area (TPSA) is 40.6 Å². The summed E-state index contributed by atoms with van der Waals surface area (Å²) in [6.07, 6.45) is 0.825. The summed E-state index contributed by atoms with van der Waals surface area (Å²) in [5.41, 5.74) is 0.967. The van der Waals surface area contributed by atoms with E-state index in [0.29, 0.717) is 36.2 Å². The molecule has 22 heavy (non-hydrogen) atoms. The van der Waals surface area contributed by atoms with Crippen molar-refractivity contribution in [2.24, 2.45) is 5.92 Å². The third kappa shape index (κ3) is 2.95. The minimum Gasteiger partial charge on any atom is -0.339 e. The predicted octanol–water partition coefficient (Wildman–Crippen LogP) is 2.79. The second-order valence-electron chi connectivity index (χ2n) is 5.92. The molecule has 4 nitrogen and oxygen atoms in total. The minimum absolute atomic E-state index is 0.000144. The van der Waals surface area contributed by atoms with Crippen molar-refractivity contribution >= 4 is 35.0 Å². The Balaban J connectivity index is 1.62. The molecule has 118 valence electrons. The number of benzene rings is 1. The van der Waals surface area contributed by atoms with E-state index in [1.54, 1.807) is 17.9 Å². The van der Waals surface area contributed by atoms with Gasteiger partial charge in [0.2, 0.25) is 11.8 Å². The van der Waals surface area contributed by atoms with E-state index < -0.39 is 0 Å². The van der Waals surface area contributed by atoms with Gasteiger partial charge in [-0.05, 0) is 24.0 Å². The van der Waals surface area contributed by atoms with Crippen LogP contribution in [-0.4, -0.2) is 47.8 Å². The number of nitrogens with zero attached hydrogens (tertiary/aromatic N) is 2. The van der Waals surface area contributed by atoms with Crippen LogP contribution in [0.25, 0.3) is 0 Å². The average Bonchev–Trinajstić information content (AvgIpc) is 3.30. The normalized spacial score (nSPS) is 24.3. The van der Waals surface area contributed by atoms with E-state index in [9.17, 15) is 9.59 Å². The molecule has 0 unspecified atom stereocenters. The number of rotatable bonds is 2. The lowest BCUT2D eigenvalue weighted by Crippen LogP contribution is -2.50. The molecule has 1 aromatic rings. The smallest absolute Gasteiger partial charge is 0.226 e. The molecule has 2 atom stereocenters. The monoisotopic (exact) mass is 340 g/mol. The Bertz CT molecular complexity index is 612. The van der Waals surface area contributed by atoms with Crippen molar-refractivity contribution in [2.75, 3.05) is 26.2 Å². The molecule has 1 saturated heterocycles. The SMILES string of the molecule is CC(=O)N1CCN(C(=O)[C@H]2C[C@@H]2c2cccc(Cl)c2Cl)CC1. The summed E-state index contributed by atoms with van der Waals surface area (Å²) in [6.45, 7) is 4.04. The summed E-state index contributed by atoms with van der Waals surface area (Å²) in [5, 5.41) is 1.10. The highest BCUT2D eigenvalue weighted by molar-refractivity contribution is 6.42. The summed E-state index contributed by atoms with van der Waals surface area (Å²) in [6, 6.07) is 5.57. The van der Waals surface area contributed by atoms with E-state index in [2.05, 4.69) is 0 Å². The second-order valence-corrected chi connectivity index (χ2v) is 6.71. The molecular formula is C16H18Cl2N2O2. The van der Waals surface area contributed by atoms with Crippen LogP contribution in [0.1, 0.15) is 24.8 Å². The summed E-state index contributed by atoms with van der Waals surface area (Å²) in [7, 11) is 0. The highest BCUT2D eigenvalue weighted by Gasteiger charge is 2.47. The zero-order chi connectivity index (χ0) is 15.9. The first kappa shape index (κ1) is 15.6. The van der Waals surface area contributed by atoms with Gasteiger partial charge in [0.1, 0.15) is 0 Å². The van der Waals surface area contributed by atoms with Gasteiger partial charge < -0.3 is 9.80 Å². The van der Waals surface area contributed by atoms with E-state index in [-0.39, 0.29) is 23.7 Å². The summed E-state index contributed by atoms with van der Waals surface area (Å²) in [5.74, 6) is 0.413. The zero-order valence-corrected chi connectivity index (χ0v) is 13.9. The van der Waals surface area contributed by atoms with Crippen LogP contribution < -0.4 is 0 Å². The maximum absolute atomic E-state index is 12.6.